The highest BCUT2D eigenvalue weighted by Crippen LogP contribution is 2.45. The normalized spacial score (nSPS) is 20.2. The van der Waals surface area contributed by atoms with Crippen molar-refractivity contribution in [2.24, 2.45) is 0 Å². The van der Waals surface area contributed by atoms with E-state index < -0.39 is 23.7 Å². The lowest BCUT2D eigenvalue weighted by Gasteiger charge is -2.23. The minimum atomic E-state index is -0.957. The van der Waals surface area contributed by atoms with Crippen molar-refractivity contribution >= 4 is 55.8 Å². The number of Topliss-reactive ketones (excluding diaryl/α,β-unsaturated/α-hetero) is 1. The second kappa shape index (κ2) is 9.75. The van der Waals surface area contributed by atoms with Crippen LogP contribution in [-0.4, -0.2) is 40.5 Å². The molecule has 2 atom stereocenters. The number of aryl methyl sites for hydroxylation is 1. The van der Waals surface area contributed by atoms with Crippen LogP contribution in [0.2, 0.25) is 0 Å². The lowest BCUT2D eigenvalue weighted by atomic mass is 9.94. The zero-order valence-electron chi connectivity index (χ0n) is 20.3. The van der Waals surface area contributed by atoms with Crippen molar-refractivity contribution in [2.75, 3.05) is 11.5 Å². The first kappa shape index (κ1) is 25.2. The van der Waals surface area contributed by atoms with Gasteiger partial charge in [0.05, 0.1) is 23.9 Å². The molecule has 1 fully saturated rings. The van der Waals surface area contributed by atoms with Crippen molar-refractivity contribution in [2.45, 2.75) is 39.3 Å². The highest BCUT2D eigenvalue weighted by molar-refractivity contribution is 9.10. The van der Waals surface area contributed by atoms with Crippen LogP contribution in [0, 0.1) is 6.92 Å². The number of rotatable bonds is 5. The molecule has 1 aromatic heterocycles. The van der Waals surface area contributed by atoms with Crippen LogP contribution in [0.5, 0.6) is 5.75 Å². The van der Waals surface area contributed by atoms with Crippen molar-refractivity contribution in [3.05, 3.63) is 79.8 Å². The Morgan fingerprint density at radius 1 is 1.27 bits per heavy atom. The van der Waals surface area contributed by atoms with E-state index in [1.165, 1.54) is 4.90 Å². The standard InChI is InChI=1S/C27H23BrN2O6S/c1-4-35-26(34)24-14(3)29-27(37-24)30-21(15-6-5-7-18(28)12-15)20(23(32)25(30)33)22(31)16-8-9-19-17(11-16)10-13(2)36-19/h5-9,11-13,21,31H,4,10H2,1-3H3. The van der Waals surface area contributed by atoms with Gasteiger partial charge in [-0.3, -0.25) is 14.5 Å². The summed E-state index contributed by atoms with van der Waals surface area (Å²) in [6, 6.07) is 11.4. The van der Waals surface area contributed by atoms with Crippen molar-refractivity contribution in [3.63, 3.8) is 0 Å². The number of halogens is 1. The molecule has 190 valence electrons. The summed E-state index contributed by atoms with van der Waals surface area (Å²) in [6.45, 7) is 5.49. The molecule has 1 saturated heterocycles. The fraction of sp³-hybridized carbons (Fsp3) is 0.259. The Balaban J connectivity index is 1.67. The topological polar surface area (TPSA) is 106 Å². The number of esters is 1. The number of hydrogen-bond donors (Lipinski definition) is 1. The van der Waals surface area contributed by atoms with Gasteiger partial charge in [0.25, 0.3) is 5.78 Å². The SMILES string of the molecule is CCOC(=O)c1sc(N2C(=O)C(=O)C(=C(O)c3ccc4c(c3)CC(C)O4)C2c2cccc(Br)c2)nc1C. The number of thiazole rings is 1. The van der Waals surface area contributed by atoms with E-state index >= 15 is 0 Å². The number of carbonyl (C=O) groups excluding carboxylic acids is 3. The molecule has 0 spiro atoms. The maximum atomic E-state index is 13.4. The Bertz CT molecular complexity index is 1480. The maximum Gasteiger partial charge on any atom is 0.350 e. The summed E-state index contributed by atoms with van der Waals surface area (Å²) in [6.07, 6.45) is 0.691. The molecular weight excluding hydrogens is 560 g/mol. The summed E-state index contributed by atoms with van der Waals surface area (Å²) < 4.78 is 11.6. The minimum absolute atomic E-state index is 0.0152. The van der Waals surface area contributed by atoms with Crippen LogP contribution < -0.4 is 9.64 Å². The Morgan fingerprint density at radius 2 is 2.05 bits per heavy atom. The highest BCUT2D eigenvalue weighted by Gasteiger charge is 2.48. The van der Waals surface area contributed by atoms with Gasteiger partial charge in [0, 0.05) is 16.5 Å². The van der Waals surface area contributed by atoms with E-state index in [9.17, 15) is 19.5 Å². The van der Waals surface area contributed by atoms with Gasteiger partial charge < -0.3 is 14.6 Å². The third-order valence-corrected chi connectivity index (χ3v) is 7.86. The monoisotopic (exact) mass is 582 g/mol. The lowest BCUT2D eigenvalue weighted by molar-refractivity contribution is -0.132. The van der Waals surface area contributed by atoms with E-state index in [-0.39, 0.29) is 34.1 Å². The van der Waals surface area contributed by atoms with Gasteiger partial charge in [-0.2, -0.15) is 0 Å². The number of amides is 1. The molecule has 0 bridgehead atoms. The third-order valence-electron chi connectivity index (χ3n) is 6.23. The number of carbonyl (C=O) groups is 3. The fourth-order valence-corrected chi connectivity index (χ4v) is 6.02. The highest BCUT2D eigenvalue weighted by atomic mass is 79.9. The number of anilines is 1. The maximum absolute atomic E-state index is 13.4. The van der Waals surface area contributed by atoms with Gasteiger partial charge in [0.1, 0.15) is 22.5 Å². The van der Waals surface area contributed by atoms with Gasteiger partial charge >= 0.3 is 11.9 Å². The number of benzene rings is 2. The lowest BCUT2D eigenvalue weighted by Crippen LogP contribution is -2.29. The molecular formula is C27H23BrN2O6S. The first-order valence-corrected chi connectivity index (χ1v) is 13.3. The van der Waals surface area contributed by atoms with Crippen molar-refractivity contribution in [3.8, 4) is 5.75 Å². The minimum Gasteiger partial charge on any atom is -0.507 e. The van der Waals surface area contributed by atoms with E-state index in [0.717, 1.165) is 27.1 Å². The van der Waals surface area contributed by atoms with Crippen LogP contribution in [0.1, 0.15) is 51.9 Å². The molecule has 2 unspecified atom stereocenters. The van der Waals surface area contributed by atoms with E-state index in [1.807, 2.05) is 13.0 Å². The number of aliphatic hydroxyl groups is 1. The van der Waals surface area contributed by atoms with Gasteiger partial charge in [-0.1, -0.05) is 39.4 Å². The number of aromatic nitrogens is 1. The molecule has 10 heteroatoms. The van der Waals surface area contributed by atoms with Crippen LogP contribution in [0.25, 0.3) is 5.76 Å². The van der Waals surface area contributed by atoms with E-state index in [2.05, 4.69) is 20.9 Å². The molecule has 8 nitrogen and oxygen atoms in total. The second-order valence-corrected chi connectivity index (χ2v) is 10.7. The van der Waals surface area contributed by atoms with E-state index in [4.69, 9.17) is 9.47 Å². The first-order valence-electron chi connectivity index (χ1n) is 11.7. The van der Waals surface area contributed by atoms with E-state index in [1.54, 1.807) is 50.2 Å². The number of ether oxygens (including phenoxy) is 2. The summed E-state index contributed by atoms with van der Waals surface area (Å²) in [7, 11) is 0. The smallest absolute Gasteiger partial charge is 0.350 e. The zero-order chi connectivity index (χ0) is 26.4. The van der Waals surface area contributed by atoms with Gasteiger partial charge in [0.2, 0.25) is 0 Å². The molecule has 5 rings (SSSR count). The largest absolute Gasteiger partial charge is 0.507 e. The predicted octanol–water partition coefficient (Wildman–Crippen LogP) is 5.34. The first-order chi connectivity index (χ1) is 17.7. The molecule has 2 aliphatic rings. The molecule has 3 aromatic rings. The number of ketones is 1. The number of aliphatic hydroxyl groups excluding tert-OH is 1. The zero-order valence-corrected chi connectivity index (χ0v) is 22.7. The summed E-state index contributed by atoms with van der Waals surface area (Å²) in [5, 5.41) is 11.6. The number of fused-ring (bicyclic) bond motifs is 1. The quantitative estimate of drug-likeness (QED) is 0.187. The molecule has 1 N–H and O–H groups in total. The molecule has 0 radical (unpaired) electrons. The van der Waals surface area contributed by atoms with Crippen LogP contribution in [0.3, 0.4) is 0 Å². The molecule has 3 heterocycles. The fourth-order valence-electron chi connectivity index (χ4n) is 4.62. The Kier molecular flexibility index (Phi) is 6.63. The number of hydrogen-bond acceptors (Lipinski definition) is 8. The van der Waals surface area contributed by atoms with Gasteiger partial charge in [-0.05, 0) is 62.2 Å². The van der Waals surface area contributed by atoms with Crippen LogP contribution in [0.4, 0.5) is 5.13 Å². The van der Waals surface area contributed by atoms with Crippen LogP contribution in [-0.2, 0) is 20.7 Å². The third kappa shape index (κ3) is 4.44. The average molecular weight is 583 g/mol. The molecule has 1 amide bonds. The number of nitrogens with zero attached hydrogens (tertiary/aromatic N) is 2. The molecule has 2 aliphatic heterocycles. The van der Waals surface area contributed by atoms with Crippen molar-refractivity contribution in [1.82, 2.24) is 4.98 Å². The summed E-state index contributed by atoms with van der Waals surface area (Å²) in [5.74, 6) is -1.77. The second-order valence-electron chi connectivity index (χ2n) is 8.81. The van der Waals surface area contributed by atoms with Crippen molar-refractivity contribution < 1.29 is 29.0 Å². The molecule has 2 aromatic carbocycles. The Hall–Kier alpha value is -3.50. The Morgan fingerprint density at radius 3 is 2.78 bits per heavy atom. The van der Waals surface area contributed by atoms with E-state index in [0.29, 0.717) is 23.2 Å². The molecule has 0 saturated carbocycles. The molecule has 37 heavy (non-hydrogen) atoms. The van der Waals surface area contributed by atoms with Crippen LogP contribution >= 0.6 is 27.3 Å². The molecule has 0 aliphatic carbocycles. The van der Waals surface area contributed by atoms with Gasteiger partial charge in [-0.25, -0.2) is 9.78 Å². The summed E-state index contributed by atoms with van der Waals surface area (Å²) >= 11 is 4.43. The predicted molar refractivity (Wildman–Crippen MR) is 142 cm³/mol. The average Bonchev–Trinajstić information content (AvgIpc) is 3.51. The summed E-state index contributed by atoms with van der Waals surface area (Å²) in [5.41, 5.74) is 2.26. The Labute approximate surface area is 225 Å². The van der Waals surface area contributed by atoms with Crippen LogP contribution in [0.15, 0.2) is 52.5 Å². The summed E-state index contributed by atoms with van der Waals surface area (Å²) in [4.78, 5) is 45.2. The van der Waals surface area contributed by atoms with Gasteiger partial charge in [0.15, 0.2) is 5.13 Å². The van der Waals surface area contributed by atoms with Gasteiger partial charge in [-0.15, -0.1) is 0 Å². The van der Waals surface area contributed by atoms with Crippen molar-refractivity contribution in [1.29, 1.82) is 0 Å².